The maximum absolute atomic E-state index is 12.2. The Hall–Kier alpha value is -1.86. The van der Waals surface area contributed by atoms with E-state index in [-0.39, 0.29) is 23.7 Å². The molecule has 2 aromatic heterocycles. The van der Waals surface area contributed by atoms with Crippen molar-refractivity contribution in [3.05, 3.63) is 16.7 Å². The van der Waals surface area contributed by atoms with E-state index in [1.165, 1.54) is 7.11 Å². The van der Waals surface area contributed by atoms with Crippen LogP contribution >= 0.6 is 7.82 Å². The molecule has 14 heteroatoms. The first-order valence-corrected chi connectivity index (χ1v) is 9.46. The molecule has 0 aliphatic carbocycles. The summed E-state index contributed by atoms with van der Waals surface area (Å²) in [6.45, 7) is -0.390. The molecule has 2 aromatic rings. The van der Waals surface area contributed by atoms with Crippen LogP contribution in [0.1, 0.15) is 6.23 Å². The fourth-order valence-corrected chi connectivity index (χ4v) is 4.10. The Morgan fingerprint density at radius 2 is 2.33 bits per heavy atom. The average molecular weight is 404 g/mol. The highest BCUT2D eigenvalue weighted by molar-refractivity contribution is 7.46. The quantitative estimate of drug-likeness (QED) is 0.320. The first-order chi connectivity index (χ1) is 12.6. The predicted octanol–water partition coefficient (Wildman–Crippen LogP) is -2.08. The Kier molecular flexibility index (Phi) is 4.16. The van der Waals surface area contributed by atoms with Gasteiger partial charge < -0.3 is 29.7 Å². The van der Waals surface area contributed by atoms with Crippen LogP contribution in [0.5, 0.6) is 0 Å². The van der Waals surface area contributed by atoms with E-state index in [1.54, 1.807) is 22.5 Å². The van der Waals surface area contributed by atoms with Gasteiger partial charge in [-0.3, -0.25) is 18.9 Å². The van der Waals surface area contributed by atoms with Crippen molar-refractivity contribution in [1.29, 1.82) is 0 Å². The van der Waals surface area contributed by atoms with Crippen molar-refractivity contribution in [2.24, 2.45) is 7.05 Å². The van der Waals surface area contributed by atoms with E-state index < -0.39 is 44.0 Å². The van der Waals surface area contributed by atoms with Crippen molar-refractivity contribution in [3.63, 3.8) is 0 Å². The molecule has 4 atom stereocenters. The minimum atomic E-state index is -4.71. The van der Waals surface area contributed by atoms with Gasteiger partial charge in [0.1, 0.15) is 17.8 Å². The van der Waals surface area contributed by atoms with Gasteiger partial charge in [0.25, 0.3) is 11.5 Å². The molecule has 2 bridgehead atoms. The number of nitrogens with one attached hydrogen (secondary N) is 1. The number of aryl methyl sites for hydroxylation is 1. The van der Waals surface area contributed by atoms with Crippen LogP contribution < -0.4 is 15.9 Å². The predicted molar refractivity (Wildman–Crippen MR) is 87.3 cm³/mol. The molecular weight excluding hydrogens is 385 g/mol. The lowest BCUT2D eigenvalue weighted by Gasteiger charge is -2.29. The largest absolute Gasteiger partial charge is 0.469 e. The van der Waals surface area contributed by atoms with Crippen molar-refractivity contribution in [3.8, 4) is 0 Å². The maximum atomic E-state index is 12.2. The lowest BCUT2D eigenvalue weighted by molar-refractivity contribution is -0.752. The number of fused-ring (bicyclic) bond motifs is 3. The molecule has 2 fully saturated rings. The number of imidazole rings is 1. The second kappa shape index (κ2) is 6.07. The first kappa shape index (κ1) is 18.5. The topological polar surface area (TPSA) is 175 Å². The SMILES string of the molecule is COC1[C@@H]2OC[C@]1(COP(=O)(O)O)O[C@H]2[n+]1cn(C)c2c(=O)[nH]c(N)nc21. The zero-order valence-electron chi connectivity index (χ0n) is 14.4. The number of nitrogens with zero attached hydrogens (tertiary/aromatic N) is 3. The first-order valence-electron chi connectivity index (χ1n) is 7.93. The zero-order chi connectivity index (χ0) is 19.6. The van der Waals surface area contributed by atoms with Gasteiger partial charge in [-0.2, -0.15) is 0 Å². The van der Waals surface area contributed by atoms with Crippen LogP contribution in [-0.4, -0.2) is 62.5 Å². The van der Waals surface area contributed by atoms with Gasteiger partial charge in [-0.1, -0.05) is 4.98 Å². The van der Waals surface area contributed by atoms with Crippen molar-refractivity contribution >= 4 is 24.9 Å². The number of aromatic amines is 1. The number of nitrogens with two attached hydrogens (primary N) is 1. The molecule has 2 aliphatic heterocycles. The lowest BCUT2D eigenvalue weighted by atomic mass is 10.0. The normalized spacial score (nSPS) is 30.4. The molecule has 4 heterocycles. The van der Waals surface area contributed by atoms with Crippen LogP contribution in [0.4, 0.5) is 5.95 Å². The van der Waals surface area contributed by atoms with Gasteiger partial charge in [0, 0.05) is 7.11 Å². The minimum absolute atomic E-state index is 0.0359. The number of hydrogen-bond acceptors (Lipinski definition) is 8. The van der Waals surface area contributed by atoms with E-state index in [9.17, 15) is 9.36 Å². The molecule has 0 radical (unpaired) electrons. The summed E-state index contributed by atoms with van der Waals surface area (Å²) in [5.74, 6) is -0.0561. The van der Waals surface area contributed by atoms with E-state index in [0.29, 0.717) is 0 Å². The third kappa shape index (κ3) is 2.88. The summed E-state index contributed by atoms with van der Waals surface area (Å²) in [5.41, 5.74) is 4.59. The summed E-state index contributed by atoms with van der Waals surface area (Å²) in [6, 6.07) is 0. The van der Waals surface area contributed by atoms with Crippen LogP contribution in [0.25, 0.3) is 11.2 Å². The molecule has 27 heavy (non-hydrogen) atoms. The average Bonchev–Trinajstić information content (AvgIpc) is 3.19. The number of hydrogen-bond donors (Lipinski definition) is 4. The number of anilines is 1. The number of H-pyrrole nitrogens is 1. The van der Waals surface area contributed by atoms with Crippen LogP contribution in [0, 0.1) is 0 Å². The van der Waals surface area contributed by atoms with E-state index in [1.807, 2.05) is 0 Å². The smallest absolute Gasteiger partial charge is 0.375 e. The Bertz CT molecular complexity index is 1000. The van der Waals surface area contributed by atoms with Gasteiger partial charge in [-0.05, 0) is 0 Å². The van der Waals surface area contributed by atoms with Gasteiger partial charge in [0.2, 0.25) is 11.7 Å². The fourth-order valence-electron chi connectivity index (χ4n) is 3.72. The molecule has 0 saturated carbocycles. The van der Waals surface area contributed by atoms with Crippen LogP contribution in [0.3, 0.4) is 0 Å². The molecular formula is C13H19N5O8P+. The van der Waals surface area contributed by atoms with Gasteiger partial charge in [0.05, 0.1) is 20.3 Å². The summed E-state index contributed by atoms with van der Waals surface area (Å²) in [5, 5.41) is 0. The number of nitrogen functional groups attached to an aromatic ring is 1. The second-order valence-corrected chi connectivity index (χ2v) is 7.77. The second-order valence-electron chi connectivity index (χ2n) is 6.53. The zero-order valence-corrected chi connectivity index (χ0v) is 15.3. The van der Waals surface area contributed by atoms with E-state index in [0.717, 1.165) is 0 Å². The van der Waals surface area contributed by atoms with Crippen molar-refractivity contribution in [2.75, 3.05) is 26.1 Å². The third-order valence-electron chi connectivity index (χ3n) is 4.77. The summed E-state index contributed by atoms with van der Waals surface area (Å²) >= 11 is 0. The lowest BCUT2D eigenvalue weighted by Crippen LogP contribution is -2.50. The van der Waals surface area contributed by atoms with Gasteiger partial charge in [-0.15, -0.1) is 0 Å². The number of aromatic nitrogens is 4. The molecule has 2 saturated heterocycles. The van der Waals surface area contributed by atoms with E-state index in [2.05, 4.69) is 14.5 Å². The number of ether oxygens (including phenoxy) is 3. The van der Waals surface area contributed by atoms with Crippen LogP contribution in [0.2, 0.25) is 0 Å². The Balaban J connectivity index is 1.75. The molecule has 2 aliphatic rings. The third-order valence-corrected chi connectivity index (χ3v) is 5.23. The number of phosphoric ester groups is 1. The van der Waals surface area contributed by atoms with Crippen molar-refractivity contribution in [1.82, 2.24) is 14.5 Å². The van der Waals surface area contributed by atoms with E-state index >= 15 is 0 Å². The maximum Gasteiger partial charge on any atom is 0.469 e. The Morgan fingerprint density at radius 3 is 3.00 bits per heavy atom. The van der Waals surface area contributed by atoms with Crippen LogP contribution in [-0.2, 0) is 30.3 Å². The number of phosphoric acid groups is 1. The van der Waals surface area contributed by atoms with Gasteiger partial charge >= 0.3 is 13.5 Å². The highest BCUT2D eigenvalue weighted by Crippen LogP contribution is 2.47. The Labute approximate surface area is 151 Å². The number of methoxy groups -OCH3 is 1. The highest BCUT2D eigenvalue weighted by Gasteiger charge is 2.65. The molecule has 0 spiro atoms. The summed E-state index contributed by atoms with van der Waals surface area (Å²) in [7, 11) is -1.60. The molecule has 1 unspecified atom stereocenters. The van der Waals surface area contributed by atoms with Crippen molar-refractivity contribution < 1.29 is 37.7 Å². The molecule has 4 rings (SSSR count). The monoisotopic (exact) mass is 404 g/mol. The fraction of sp³-hybridized carbons (Fsp3) is 0.615. The van der Waals surface area contributed by atoms with E-state index in [4.69, 9.17) is 29.7 Å². The number of rotatable bonds is 5. The molecule has 148 valence electrons. The highest BCUT2D eigenvalue weighted by atomic mass is 31.2. The molecule has 0 aromatic carbocycles. The standard InChI is InChI=1S/C13H18N5O8P/c1-17-5-18(9-6(17)10(19)16-12(14)15-9)11-7-8(23-2)13(26-11,3-24-7)4-25-27(20,21)22/h5,7-8,11H,3-4H2,1-2H3,(H4-,14,15,16,19,20,21,22)/p+1/t7-,8?,11+,13+/m0/s1. The van der Waals surface area contributed by atoms with Gasteiger partial charge in [0.15, 0.2) is 6.33 Å². The molecule has 0 amide bonds. The summed E-state index contributed by atoms with van der Waals surface area (Å²) in [4.78, 5) is 36.9. The molecule has 13 nitrogen and oxygen atoms in total. The van der Waals surface area contributed by atoms with Gasteiger partial charge in [-0.25, -0.2) is 9.13 Å². The van der Waals surface area contributed by atoms with Crippen LogP contribution in [0.15, 0.2) is 11.1 Å². The summed E-state index contributed by atoms with van der Waals surface area (Å²) < 4.78 is 36.2. The summed E-state index contributed by atoms with van der Waals surface area (Å²) in [6.07, 6.45) is -0.406. The minimum Gasteiger partial charge on any atom is -0.375 e. The Morgan fingerprint density at radius 1 is 1.59 bits per heavy atom. The van der Waals surface area contributed by atoms with Crippen molar-refractivity contribution in [2.45, 2.75) is 24.0 Å². The molecule has 5 N–H and O–H groups in total.